The minimum absolute atomic E-state index is 0.506. The van der Waals surface area contributed by atoms with Crippen LogP contribution in [0.25, 0.3) is 0 Å². The molecule has 2 heterocycles. The number of nitrogens with two attached hydrogens (primary N) is 1. The first-order valence-corrected chi connectivity index (χ1v) is 5.11. The monoisotopic (exact) mass is 222 g/mol. The predicted octanol–water partition coefficient (Wildman–Crippen LogP) is 2.18. The van der Waals surface area contributed by atoms with Crippen LogP contribution < -0.4 is 5.73 Å². The molecule has 0 aliphatic heterocycles. The molecule has 0 aliphatic carbocycles. The summed E-state index contributed by atoms with van der Waals surface area (Å²) in [6.07, 6.45) is 1.67. The number of nitrogen functional groups attached to an aromatic ring is 1. The maximum absolute atomic E-state index is 5.55. The van der Waals surface area contributed by atoms with Crippen molar-refractivity contribution in [1.29, 1.82) is 0 Å². The Bertz CT molecular complexity index is 497. The van der Waals surface area contributed by atoms with E-state index in [-0.39, 0.29) is 0 Å². The van der Waals surface area contributed by atoms with Crippen molar-refractivity contribution in [1.82, 2.24) is 14.8 Å². The van der Waals surface area contributed by atoms with E-state index in [9.17, 15) is 0 Å². The zero-order chi connectivity index (χ0) is 10.8. The molecule has 0 fully saturated rings. The zero-order valence-corrected chi connectivity index (χ0v) is 9.19. The van der Waals surface area contributed by atoms with Crippen molar-refractivity contribution in [2.75, 3.05) is 5.73 Å². The third-order valence-corrected chi connectivity index (χ3v) is 2.70. The molecule has 15 heavy (non-hydrogen) atoms. The first-order valence-electron chi connectivity index (χ1n) is 4.29. The fourth-order valence-corrected chi connectivity index (χ4v) is 1.72. The molecule has 0 atom stereocenters. The molecule has 78 valence electrons. The van der Waals surface area contributed by atoms with Gasteiger partial charge in [0.05, 0.1) is 11.9 Å². The Morgan fingerprint density at radius 3 is 2.80 bits per heavy atom. The van der Waals surface area contributed by atoms with Gasteiger partial charge in [-0.05, 0) is 6.92 Å². The van der Waals surface area contributed by atoms with Crippen LogP contribution in [0.2, 0.25) is 0 Å². The second-order valence-corrected chi connectivity index (χ2v) is 3.96. The molecule has 0 radical (unpaired) electrons. The van der Waals surface area contributed by atoms with Crippen LogP contribution in [0.15, 0.2) is 22.5 Å². The van der Waals surface area contributed by atoms with Gasteiger partial charge in [0.25, 0.3) is 0 Å². The van der Waals surface area contributed by atoms with Gasteiger partial charge in [0.2, 0.25) is 0 Å². The zero-order valence-electron chi connectivity index (χ0n) is 8.38. The third-order valence-electron chi connectivity index (χ3n) is 1.83. The maximum Gasteiger partial charge on any atom is 0.182 e. The van der Waals surface area contributed by atoms with Crippen molar-refractivity contribution in [3.05, 3.63) is 18.0 Å². The molecule has 0 saturated carbocycles. The Morgan fingerprint density at radius 1 is 1.47 bits per heavy atom. The molecule has 0 spiro atoms. The van der Waals surface area contributed by atoms with E-state index in [1.807, 2.05) is 14.0 Å². The van der Waals surface area contributed by atoms with Crippen LogP contribution in [0.1, 0.15) is 5.69 Å². The van der Waals surface area contributed by atoms with Crippen LogP contribution in [0.3, 0.4) is 0 Å². The van der Waals surface area contributed by atoms with Crippen molar-refractivity contribution < 1.29 is 0 Å². The number of aromatic nitrogens is 3. The van der Waals surface area contributed by atoms with E-state index in [2.05, 4.69) is 20.3 Å². The molecule has 0 saturated heterocycles. The van der Waals surface area contributed by atoms with Crippen LogP contribution in [-0.2, 0) is 7.05 Å². The highest BCUT2D eigenvalue weighted by atomic mass is 32.1. The quantitative estimate of drug-likeness (QED) is 0.790. The van der Waals surface area contributed by atoms with Gasteiger partial charge >= 0.3 is 0 Å². The van der Waals surface area contributed by atoms with E-state index < -0.39 is 0 Å². The van der Waals surface area contributed by atoms with Crippen molar-refractivity contribution in [2.45, 2.75) is 6.92 Å². The molecular formula is C8H10N6S. The summed E-state index contributed by atoms with van der Waals surface area (Å²) in [6, 6.07) is 1.78. The fourth-order valence-electron chi connectivity index (χ4n) is 1.06. The van der Waals surface area contributed by atoms with E-state index in [1.54, 1.807) is 16.9 Å². The van der Waals surface area contributed by atoms with Gasteiger partial charge in [-0.25, -0.2) is 9.67 Å². The first kappa shape index (κ1) is 9.78. The summed E-state index contributed by atoms with van der Waals surface area (Å²) in [5, 5.41) is 13.3. The van der Waals surface area contributed by atoms with Crippen LogP contribution in [0.4, 0.5) is 16.0 Å². The van der Waals surface area contributed by atoms with Crippen LogP contribution in [-0.4, -0.2) is 14.8 Å². The van der Waals surface area contributed by atoms with Gasteiger partial charge in [-0.2, -0.15) is 5.10 Å². The SMILES string of the molecule is Cc1nc(N)sc1/N=N/c1ccnn1C. The fraction of sp³-hybridized carbons (Fsp3) is 0.250. The third kappa shape index (κ3) is 2.01. The summed E-state index contributed by atoms with van der Waals surface area (Å²) < 4.78 is 1.64. The maximum atomic E-state index is 5.55. The molecule has 0 aliphatic rings. The van der Waals surface area contributed by atoms with Gasteiger partial charge in [-0.15, -0.1) is 10.2 Å². The highest BCUT2D eigenvalue weighted by molar-refractivity contribution is 7.19. The van der Waals surface area contributed by atoms with E-state index in [4.69, 9.17) is 5.73 Å². The number of anilines is 1. The van der Waals surface area contributed by atoms with Gasteiger partial charge < -0.3 is 5.73 Å². The van der Waals surface area contributed by atoms with Crippen LogP contribution in [0.5, 0.6) is 0 Å². The van der Waals surface area contributed by atoms with E-state index >= 15 is 0 Å². The lowest BCUT2D eigenvalue weighted by molar-refractivity contribution is 0.764. The summed E-state index contributed by atoms with van der Waals surface area (Å²) in [4.78, 5) is 4.05. The topological polar surface area (TPSA) is 81.4 Å². The standard InChI is InChI=1S/C8H10N6S/c1-5-7(15-8(9)11-5)13-12-6-3-4-10-14(6)2/h3-4H,1-2H3,(H2,9,11)/b13-12+. The van der Waals surface area contributed by atoms with Crippen molar-refractivity contribution in [3.63, 3.8) is 0 Å². The lowest BCUT2D eigenvalue weighted by Crippen LogP contribution is -1.86. The molecule has 0 bridgehead atoms. The minimum atomic E-state index is 0.506. The lowest BCUT2D eigenvalue weighted by atomic mass is 10.5. The highest BCUT2D eigenvalue weighted by Crippen LogP contribution is 2.29. The summed E-state index contributed by atoms with van der Waals surface area (Å²) in [5.74, 6) is 0.696. The van der Waals surface area contributed by atoms with E-state index in [1.165, 1.54) is 11.3 Å². The number of thiazole rings is 1. The van der Waals surface area contributed by atoms with E-state index in [0.29, 0.717) is 10.9 Å². The van der Waals surface area contributed by atoms with Gasteiger partial charge in [-0.3, -0.25) is 0 Å². The molecule has 2 aromatic rings. The van der Waals surface area contributed by atoms with Crippen molar-refractivity contribution >= 4 is 27.3 Å². The van der Waals surface area contributed by atoms with Crippen LogP contribution >= 0.6 is 11.3 Å². The molecule has 2 aromatic heterocycles. The van der Waals surface area contributed by atoms with Gasteiger partial charge in [-0.1, -0.05) is 11.3 Å². The number of nitrogens with zero attached hydrogens (tertiary/aromatic N) is 5. The molecule has 7 heteroatoms. The predicted molar refractivity (Wildman–Crippen MR) is 58.6 cm³/mol. The van der Waals surface area contributed by atoms with Crippen LogP contribution in [0, 0.1) is 6.92 Å². The molecule has 2 N–H and O–H groups in total. The van der Waals surface area contributed by atoms with Crippen molar-refractivity contribution in [3.8, 4) is 0 Å². The number of rotatable bonds is 2. The Morgan fingerprint density at radius 2 is 2.27 bits per heavy atom. The summed E-state index contributed by atoms with van der Waals surface area (Å²) in [5.41, 5.74) is 6.34. The number of azo groups is 1. The Labute approximate surface area is 90.5 Å². The smallest absolute Gasteiger partial charge is 0.182 e. The Balaban J connectivity index is 2.26. The average molecular weight is 222 g/mol. The summed E-state index contributed by atoms with van der Waals surface area (Å²) in [6.45, 7) is 1.85. The van der Waals surface area contributed by atoms with Gasteiger partial charge in [0.1, 0.15) is 0 Å². The number of aryl methyl sites for hydroxylation is 2. The molecular weight excluding hydrogens is 212 g/mol. The molecule has 6 nitrogen and oxygen atoms in total. The summed E-state index contributed by atoms with van der Waals surface area (Å²) in [7, 11) is 1.81. The first-order chi connectivity index (χ1) is 7.16. The van der Waals surface area contributed by atoms with Crippen molar-refractivity contribution in [2.24, 2.45) is 17.3 Å². The normalized spacial score (nSPS) is 11.3. The summed E-state index contributed by atoms with van der Waals surface area (Å²) >= 11 is 1.32. The average Bonchev–Trinajstić information content (AvgIpc) is 2.70. The Hall–Kier alpha value is -1.76. The highest BCUT2D eigenvalue weighted by Gasteiger charge is 2.03. The minimum Gasteiger partial charge on any atom is -0.375 e. The second-order valence-electron chi connectivity index (χ2n) is 2.96. The molecule has 0 amide bonds. The van der Waals surface area contributed by atoms with Gasteiger partial charge in [0.15, 0.2) is 16.0 Å². The molecule has 2 rings (SSSR count). The number of hydrogen-bond donors (Lipinski definition) is 1. The second kappa shape index (κ2) is 3.77. The number of hydrogen-bond acceptors (Lipinski definition) is 6. The lowest BCUT2D eigenvalue weighted by Gasteiger charge is -1.91. The molecule has 0 unspecified atom stereocenters. The van der Waals surface area contributed by atoms with E-state index in [0.717, 1.165) is 10.7 Å². The largest absolute Gasteiger partial charge is 0.375 e. The Kier molecular flexibility index (Phi) is 2.46. The molecule has 0 aromatic carbocycles. The van der Waals surface area contributed by atoms with Gasteiger partial charge in [0, 0.05) is 13.1 Å².